The zero-order valence-corrected chi connectivity index (χ0v) is 11.9. The van der Waals surface area contributed by atoms with Crippen molar-refractivity contribution in [2.45, 2.75) is 25.6 Å². The number of rotatable bonds is 1. The lowest BCUT2D eigenvalue weighted by molar-refractivity contribution is -0.172. The van der Waals surface area contributed by atoms with E-state index in [4.69, 9.17) is 4.74 Å². The van der Waals surface area contributed by atoms with Crippen LogP contribution in [0.1, 0.15) is 18.1 Å². The van der Waals surface area contributed by atoms with E-state index in [9.17, 15) is 14.7 Å². The second-order valence-corrected chi connectivity index (χ2v) is 5.71. The first-order valence-electron chi connectivity index (χ1n) is 6.97. The van der Waals surface area contributed by atoms with Crippen molar-refractivity contribution in [3.8, 4) is 0 Å². The number of urea groups is 1. The second-order valence-electron chi connectivity index (χ2n) is 5.71. The minimum absolute atomic E-state index is 0.0774. The Hall–Kier alpha value is -2.08. The van der Waals surface area contributed by atoms with Crippen molar-refractivity contribution in [3.05, 3.63) is 35.4 Å². The van der Waals surface area contributed by atoms with Crippen LogP contribution in [0, 0.1) is 0 Å². The Morgan fingerprint density at radius 3 is 2.38 bits per heavy atom. The maximum absolute atomic E-state index is 12.6. The van der Waals surface area contributed by atoms with Crippen molar-refractivity contribution in [2.24, 2.45) is 0 Å². The van der Waals surface area contributed by atoms with E-state index in [2.05, 4.69) is 0 Å². The van der Waals surface area contributed by atoms with Crippen LogP contribution in [0.25, 0.3) is 0 Å². The lowest BCUT2D eigenvalue weighted by Gasteiger charge is -2.39. The molecule has 1 aromatic rings. The Bertz CT molecular complexity index is 564. The van der Waals surface area contributed by atoms with Crippen LogP contribution in [0.3, 0.4) is 0 Å². The molecule has 1 saturated heterocycles. The highest BCUT2D eigenvalue weighted by molar-refractivity contribution is 5.80. The highest BCUT2D eigenvalue weighted by Gasteiger charge is 2.42. The van der Waals surface area contributed by atoms with Crippen LogP contribution >= 0.6 is 0 Å². The molecule has 0 bridgehead atoms. The molecule has 0 saturated carbocycles. The number of benzene rings is 1. The average Bonchev–Trinajstić information content (AvgIpc) is 2.90. The quantitative estimate of drug-likeness (QED) is 0.846. The molecular formula is C15H18N2O4. The number of aliphatic carboxylic acids is 1. The monoisotopic (exact) mass is 290 g/mol. The third-order valence-corrected chi connectivity index (χ3v) is 4.11. The van der Waals surface area contributed by atoms with Crippen molar-refractivity contribution in [1.82, 2.24) is 9.80 Å². The van der Waals surface area contributed by atoms with Gasteiger partial charge in [0, 0.05) is 19.6 Å². The van der Waals surface area contributed by atoms with Gasteiger partial charge < -0.3 is 19.6 Å². The van der Waals surface area contributed by atoms with E-state index in [1.165, 1.54) is 6.92 Å². The van der Waals surface area contributed by atoms with Crippen LogP contribution in [-0.4, -0.2) is 52.2 Å². The molecule has 2 aliphatic rings. The third kappa shape index (κ3) is 2.47. The first kappa shape index (κ1) is 13.9. The summed E-state index contributed by atoms with van der Waals surface area (Å²) in [7, 11) is 0. The number of hydrogen-bond acceptors (Lipinski definition) is 3. The summed E-state index contributed by atoms with van der Waals surface area (Å²) in [6.07, 6.45) is 0. The zero-order valence-electron chi connectivity index (χ0n) is 11.9. The van der Waals surface area contributed by atoms with Gasteiger partial charge in [0.1, 0.15) is 0 Å². The van der Waals surface area contributed by atoms with E-state index in [-0.39, 0.29) is 19.2 Å². The SMILES string of the molecule is CC1(C(=O)O)CN(C(=O)N2Cc3ccccc3C2)CCO1. The number of morpholine rings is 1. The van der Waals surface area contributed by atoms with Crippen LogP contribution in [-0.2, 0) is 22.6 Å². The van der Waals surface area contributed by atoms with Gasteiger partial charge in [-0.25, -0.2) is 9.59 Å². The Kier molecular flexibility index (Phi) is 3.33. The minimum atomic E-state index is -1.32. The van der Waals surface area contributed by atoms with Crippen molar-refractivity contribution in [1.29, 1.82) is 0 Å². The number of carbonyl (C=O) groups is 2. The summed E-state index contributed by atoms with van der Waals surface area (Å²) in [5.41, 5.74) is 0.987. The number of carboxylic acids is 1. The summed E-state index contributed by atoms with van der Waals surface area (Å²) in [6, 6.07) is 7.83. The predicted octanol–water partition coefficient (Wildman–Crippen LogP) is 1.30. The molecule has 1 unspecified atom stereocenters. The molecule has 2 aliphatic heterocycles. The fourth-order valence-electron chi connectivity index (χ4n) is 2.83. The van der Waals surface area contributed by atoms with Gasteiger partial charge in [0.2, 0.25) is 0 Å². The lowest BCUT2D eigenvalue weighted by Crippen LogP contribution is -2.58. The molecular weight excluding hydrogens is 272 g/mol. The predicted molar refractivity (Wildman–Crippen MR) is 74.7 cm³/mol. The summed E-state index contributed by atoms with van der Waals surface area (Å²) in [5, 5.41) is 9.23. The van der Waals surface area contributed by atoms with Crippen LogP contribution in [0.4, 0.5) is 4.79 Å². The maximum Gasteiger partial charge on any atom is 0.337 e. The normalized spacial score (nSPS) is 24.8. The molecule has 0 radical (unpaired) electrons. The van der Waals surface area contributed by atoms with Gasteiger partial charge in [-0.2, -0.15) is 0 Å². The Labute approximate surface area is 122 Å². The van der Waals surface area contributed by atoms with E-state index in [1.54, 1.807) is 9.80 Å². The van der Waals surface area contributed by atoms with Crippen molar-refractivity contribution in [2.75, 3.05) is 19.7 Å². The highest BCUT2D eigenvalue weighted by atomic mass is 16.5. The number of fused-ring (bicyclic) bond motifs is 1. The van der Waals surface area contributed by atoms with Gasteiger partial charge in [-0.3, -0.25) is 0 Å². The van der Waals surface area contributed by atoms with Crippen molar-refractivity contribution in [3.63, 3.8) is 0 Å². The molecule has 1 N–H and O–H groups in total. The molecule has 1 fully saturated rings. The van der Waals surface area contributed by atoms with Gasteiger partial charge in [-0.1, -0.05) is 24.3 Å². The molecule has 0 aliphatic carbocycles. The number of carboxylic acid groups (broad SMARTS) is 1. The van der Waals surface area contributed by atoms with E-state index in [0.717, 1.165) is 11.1 Å². The van der Waals surface area contributed by atoms with Gasteiger partial charge in [0.05, 0.1) is 13.2 Å². The minimum Gasteiger partial charge on any atom is -0.479 e. The van der Waals surface area contributed by atoms with Crippen molar-refractivity contribution < 1.29 is 19.4 Å². The summed E-state index contributed by atoms with van der Waals surface area (Å²) in [4.78, 5) is 27.2. The topological polar surface area (TPSA) is 70.1 Å². The van der Waals surface area contributed by atoms with Crippen LogP contribution in [0.15, 0.2) is 24.3 Å². The molecule has 6 nitrogen and oxygen atoms in total. The number of hydrogen-bond donors (Lipinski definition) is 1. The lowest BCUT2D eigenvalue weighted by atomic mass is 10.1. The number of carbonyl (C=O) groups excluding carboxylic acids is 1. The largest absolute Gasteiger partial charge is 0.479 e. The highest BCUT2D eigenvalue weighted by Crippen LogP contribution is 2.25. The third-order valence-electron chi connectivity index (χ3n) is 4.11. The van der Waals surface area contributed by atoms with E-state index in [0.29, 0.717) is 19.6 Å². The van der Waals surface area contributed by atoms with Gasteiger partial charge in [0.25, 0.3) is 0 Å². The molecule has 6 heteroatoms. The molecule has 2 amide bonds. The van der Waals surface area contributed by atoms with Gasteiger partial charge in [0.15, 0.2) is 5.60 Å². The van der Waals surface area contributed by atoms with Crippen LogP contribution in [0.2, 0.25) is 0 Å². The van der Waals surface area contributed by atoms with Gasteiger partial charge in [-0.15, -0.1) is 0 Å². The number of amides is 2. The fourth-order valence-corrected chi connectivity index (χ4v) is 2.83. The maximum atomic E-state index is 12.6. The number of nitrogens with zero attached hydrogens (tertiary/aromatic N) is 2. The van der Waals surface area contributed by atoms with Gasteiger partial charge >= 0.3 is 12.0 Å². The Balaban J connectivity index is 1.71. The molecule has 1 atom stereocenters. The summed E-state index contributed by atoms with van der Waals surface area (Å²) in [6.45, 7) is 3.41. The molecule has 3 rings (SSSR count). The molecule has 0 aromatic heterocycles. The summed E-state index contributed by atoms with van der Waals surface area (Å²) >= 11 is 0. The molecule has 21 heavy (non-hydrogen) atoms. The second kappa shape index (κ2) is 5.04. The molecule has 1 aromatic carbocycles. The van der Waals surface area contributed by atoms with Crippen molar-refractivity contribution >= 4 is 12.0 Å². The van der Waals surface area contributed by atoms with Crippen LogP contribution < -0.4 is 0 Å². The molecule has 112 valence electrons. The molecule has 0 spiro atoms. The first-order valence-corrected chi connectivity index (χ1v) is 6.97. The smallest absolute Gasteiger partial charge is 0.337 e. The van der Waals surface area contributed by atoms with Gasteiger partial charge in [-0.05, 0) is 18.1 Å². The first-order chi connectivity index (χ1) is 9.99. The number of ether oxygens (including phenoxy) is 1. The zero-order chi connectivity index (χ0) is 15.0. The Morgan fingerprint density at radius 2 is 1.81 bits per heavy atom. The molecule has 2 heterocycles. The van der Waals surface area contributed by atoms with E-state index >= 15 is 0 Å². The van der Waals surface area contributed by atoms with Crippen LogP contribution in [0.5, 0.6) is 0 Å². The van der Waals surface area contributed by atoms with E-state index < -0.39 is 11.6 Å². The summed E-state index contributed by atoms with van der Waals surface area (Å²) in [5.74, 6) is -1.04. The fraction of sp³-hybridized carbons (Fsp3) is 0.467. The standard InChI is InChI=1S/C15H18N2O4/c1-15(13(18)19)10-16(6-7-21-15)14(20)17-8-11-4-2-3-5-12(11)9-17/h2-5H,6-10H2,1H3,(H,18,19). The van der Waals surface area contributed by atoms with E-state index in [1.807, 2.05) is 24.3 Å². The summed E-state index contributed by atoms with van der Waals surface area (Å²) < 4.78 is 5.32. The average molecular weight is 290 g/mol. The Morgan fingerprint density at radius 1 is 1.19 bits per heavy atom.